The van der Waals surface area contributed by atoms with E-state index in [1.165, 1.54) is 12.1 Å². The molecule has 0 aliphatic carbocycles. The molecule has 2 N–H and O–H groups in total. The van der Waals surface area contributed by atoms with Gasteiger partial charge in [-0.2, -0.15) is 5.26 Å². The molecule has 33 heavy (non-hydrogen) atoms. The average molecular weight is 478 g/mol. The summed E-state index contributed by atoms with van der Waals surface area (Å²) in [6.07, 6.45) is 0. The van der Waals surface area contributed by atoms with Crippen LogP contribution in [0.25, 0.3) is 0 Å². The van der Waals surface area contributed by atoms with Gasteiger partial charge in [-0.15, -0.1) is 0 Å². The van der Waals surface area contributed by atoms with E-state index in [2.05, 4.69) is 0 Å². The average Bonchev–Trinajstić information content (AvgIpc) is 3.12. The van der Waals surface area contributed by atoms with Crippen molar-refractivity contribution in [3.63, 3.8) is 0 Å². The van der Waals surface area contributed by atoms with E-state index in [0.717, 1.165) is 9.87 Å². The van der Waals surface area contributed by atoms with E-state index in [4.69, 9.17) is 17.3 Å². The number of Topliss-reactive ketones (excluding diaryl/α,β-unsaturated/α-hetero) is 1. The molecule has 2 atom stereocenters. The van der Waals surface area contributed by atoms with Crippen LogP contribution in [0.15, 0.2) is 95.2 Å². The Morgan fingerprint density at radius 2 is 1.61 bits per heavy atom. The molecular weight excluding hydrogens is 458 g/mol. The number of carbonyl (C=O) groups is 1. The first kappa shape index (κ1) is 22.6. The maximum absolute atomic E-state index is 13.7. The molecule has 3 aromatic rings. The number of carbonyl (C=O) groups excluding carboxylic acids is 1. The van der Waals surface area contributed by atoms with Gasteiger partial charge in [0.15, 0.2) is 5.78 Å². The Morgan fingerprint density at radius 1 is 1.00 bits per heavy atom. The van der Waals surface area contributed by atoms with Gasteiger partial charge in [0.1, 0.15) is 11.9 Å². The standard InChI is InChI=1S/C25H20ClN3O3S/c1-16-7-13-20(14-8-16)33(31,32)29-23(24(30)18-5-3-2-4-6-18)22(21(15-27)25(29)28)17-9-11-19(26)12-10-17/h2-14,22-23H,28H2,1H3/t22-,23-/m0/s1. The van der Waals surface area contributed by atoms with Crippen molar-refractivity contribution < 1.29 is 13.2 Å². The minimum atomic E-state index is -4.25. The van der Waals surface area contributed by atoms with Crippen LogP contribution in [0.1, 0.15) is 27.4 Å². The summed E-state index contributed by atoms with van der Waals surface area (Å²) in [4.78, 5) is 13.7. The molecule has 1 aliphatic heterocycles. The van der Waals surface area contributed by atoms with Crippen molar-refractivity contribution in [2.24, 2.45) is 5.73 Å². The van der Waals surface area contributed by atoms with Crippen LogP contribution in [0.3, 0.4) is 0 Å². The highest BCUT2D eigenvalue weighted by Gasteiger charge is 2.50. The number of benzene rings is 3. The molecule has 4 rings (SSSR count). The van der Waals surface area contributed by atoms with E-state index < -0.39 is 27.8 Å². The first-order valence-corrected chi connectivity index (χ1v) is 11.9. The van der Waals surface area contributed by atoms with E-state index in [0.29, 0.717) is 16.1 Å². The van der Waals surface area contributed by atoms with E-state index in [-0.39, 0.29) is 16.3 Å². The summed E-state index contributed by atoms with van der Waals surface area (Å²) in [6.45, 7) is 1.84. The smallest absolute Gasteiger partial charge is 0.266 e. The Balaban J connectivity index is 1.94. The SMILES string of the molecule is Cc1ccc(S(=O)(=O)N2C(N)=C(C#N)[C@H](c3ccc(Cl)cc3)[C@H]2C(=O)c2ccccc2)cc1. The number of ketones is 1. The number of hydrogen-bond donors (Lipinski definition) is 1. The fraction of sp³-hybridized carbons (Fsp3) is 0.120. The molecule has 0 saturated carbocycles. The van der Waals surface area contributed by atoms with Crippen molar-refractivity contribution in [3.8, 4) is 6.07 Å². The van der Waals surface area contributed by atoms with Crippen LogP contribution in [0.4, 0.5) is 0 Å². The first-order chi connectivity index (χ1) is 15.8. The van der Waals surface area contributed by atoms with Crippen LogP contribution in [-0.4, -0.2) is 24.5 Å². The molecule has 0 unspecified atom stereocenters. The van der Waals surface area contributed by atoms with Gasteiger partial charge in [0.25, 0.3) is 10.0 Å². The molecule has 0 aromatic heterocycles. The topological polar surface area (TPSA) is 104 Å². The Hall–Kier alpha value is -3.60. The predicted molar refractivity (Wildman–Crippen MR) is 126 cm³/mol. The molecule has 8 heteroatoms. The summed E-state index contributed by atoms with van der Waals surface area (Å²) in [6, 6.07) is 22.0. The van der Waals surface area contributed by atoms with Crippen molar-refractivity contribution in [1.29, 1.82) is 5.26 Å². The third-order valence-electron chi connectivity index (χ3n) is 5.65. The molecule has 0 saturated heterocycles. The Bertz CT molecular complexity index is 1380. The van der Waals surface area contributed by atoms with Crippen molar-refractivity contribution in [3.05, 3.63) is 112 Å². The van der Waals surface area contributed by atoms with Gasteiger partial charge in [0.05, 0.1) is 22.5 Å². The maximum Gasteiger partial charge on any atom is 0.266 e. The third-order valence-corrected chi connectivity index (χ3v) is 7.71. The van der Waals surface area contributed by atoms with E-state index >= 15 is 0 Å². The zero-order chi connectivity index (χ0) is 23.8. The van der Waals surface area contributed by atoms with Crippen LogP contribution in [-0.2, 0) is 10.0 Å². The van der Waals surface area contributed by atoms with Crippen molar-refractivity contribution in [2.45, 2.75) is 23.8 Å². The number of halogens is 1. The summed E-state index contributed by atoms with van der Waals surface area (Å²) in [7, 11) is -4.25. The molecule has 6 nitrogen and oxygen atoms in total. The zero-order valence-corrected chi connectivity index (χ0v) is 19.2. The molecule has 0 spiro atoms. The van der Waals surface area contributed by atoms with Crippen LogP contribution in [0, 0.1) is 18.3 Å². The van der Waals surface area contributed by atoms with Crippen LogP contribution >= 0.6 is 11.6 Å². The quantitative estimate of drug-likeness (QED) is 0.549. The summed E-state index contributed by atoms with van der Waals surface area (Å²) < 4.78 is 28.3. The zero-order valence-electron chi connectivity index (χ0n) is 17.6. The number of hydrogen-bond acceptors (Lipinski definition) is 5. The van der Waals surface area contributed by atoms with E-state index in [1.807, 2.05) is 13.0 Å². The molecular formula is C25H20ClN3O3S. The number of aryl methyl sites for hydroxylation is 1. The van der Waals surface area contributed by atoms with Gasteiger partial charge < -0.3 is 5.73 Å². The largest absolute Gasteiger partial charge is 0.384 e. The summed E-state index contributed by atoms with van der Waals surface area (Å²) >= 11 is 6.03. The monoisotopic (exact) mass is 477 g/mol. The van der Waals surface area contributed by atoms with Gasteiger partial charge in [-0.05, 0) is 36.8 Å². The Morgan fingerprint density at radius 3 is 2.18 bits per heavy atom. The molecule has 3 aromatic carbocycles. The van der Waals surface area contributed by atoms with Gasteiger partial charge in [0.2, 0.25) is 0 Å². The summed E-state index contributed by atoms with van der Waals surface area (Å²) in [5.41, 5.74) is 8.06. The number of sulfonamides is 1. The predicted octanol–water partition coefficient (Wildman–Crippen LogP) is 4.38. The fourth-order valence-electron chi connectivity index (χ4n) is 4.00. The fourth-order valence-corrected chi connectivity index (χ4v) is 5.71. The van der Waals surface area contributed by atoms with Crippen molar-refractivity contribution >= 4 is 27.4 Å². The maximum atomic E-state index is 13.7. The van der Waals surface area contributed by atoms with Gasteiger partial charge in [0, 0.05) is 10.6 Å². The highest BCUT2D eigenvalue weighted by molar-refractivity contribution is 7.89. The van der Waals surface area contributed by atoms with Gasteiger partial charge in [-0.3, -0.25) is 4.79 Å². The number of rotatable bonds is 5. The number of nitriles is 1. The van der Waals surface area contributed by atoms with Crippen LogP contribution in [0.2, 0.25) is 5.02 Å². The highest BCUT2D eigenvalue weighted by Crippen LogP contribution is 2.43. The van der Waals surface area contributed by atoms with Crippen molar-refractivity contribution in [1.82, 2.24) is 4.31 Å². The lowest BCUT2D eigenvalue weighted by atomic mass is 9.84. The van der Waals surface area contributed by atoms with Crippen LogP contribution in [0.5, 0.6) is 0 Å². The minimum Gasteiger partial charge on any atom is -0.384 e. The van der Waals surface area contributed by atoms with Crippen molar-refractivity contribution in [2.75, 3.05) is 0 Å². The van der Waals surface area contributed by atoms with E-state index in [9.17, 15) is 18.5 Å². The number of nitrogens with two attached hydrogens (primary N) is 1. The van der Waals surface area contributed by atoms with Gasteiger partial charge in [-0.25, -0.2) is 12.7 Å². The third kappa shape index (κ3) is 3.99. The van der Waals surface area contributed by atoms with Crippen LogP contribution < -0.4 is 5.73 Å². The minimum absolute atomic E-state index is 0.0160. The lowest BCUT2D eigenvalue weighted by molar-refractivity contribution is 0.0910. The van der Waals surface area contributed by atoms with Gasteiger partial charge in [-0.1, -0.05) is 71.8 Å². The Labute approximate surface area is 197 Å². The molecule has 0 bridgehead atoms. The summed E-state index contributed by atoms with van der Waals surface area (Å²) in [5.74, 6) is -1.60. The summed E-state index contributed by atoms with van der Waals surface area (Å²) in [5, 5.41) is 10.4. The second kappa shape index (κ2) is 8.74. The molecule has 1 heterocycles. The lowest BCUT2D eigenvalue weighted by Gasteiger charge is -2.29. The molecule has 0 amide bonds. The van der Waals surface area contributed by atoms with E-state index in [1.54, 1.807) is 66.7 Å². The second-order valence-electron chi connectivity index (χ2n) is 7.73. The highest BCUT2D eigenvalue weighted by atomic mass is 35.5. The second-order valence-corrected chi connectivity index (χ2v) is 9.98. The molecule has 0 radical (unpaired) electrons. The molecule has 166 valence electrons. The Kier molecular flexibility index (Phi) is 5.98. The normalized spacial score (nSPS) is 18.3. The van der Waals surface area contributed by atoms with Gasteiger partial charge >= 0.3 is 0 Å². The first-order valence-electron chi connectivity index (χ1n) is 10.1. The molecule has 1 aliphatic rings. The lowest BCUT2D eigenvalue weighted by Crippen LogP contribution is -2.45. The number of nitrogens with zero attached hydrogens (tertiary/aromatic N) is 2. The molecule has 0 fully saturated rings.